The van der Waals surface area contributed by atoms with Crippen LogP contribution in [-0.2, 0) is 12.3 Å². The highest BCUT2D eigenvalue weighted by Crippen LogP contribution is 2.22. The summed E-state index contributed by atoms with van der Waals surface area (Å²) in [7, 11) is 0. The molecule has 0 aliphatic heterocycles. The number of hydrogen-bond donors (Lipinski definition) is 0. The topological polar surface area (TPSA) is 69.3 Å². The molecule has 3 heterocycles. The van der Waals surface area contributed by atoms with Crippen LogP contribution in [-0.4, -0.2) is 18.9 Å². The van der Waals surface area contributed by atoms with Crippen LogP contribution in [0.4, 0.5) is 0 Å². The van der Waals surface area contributed by atoms with Gasteiger partial charge in [0.1, 0.15) is 5.65 Å². The average molecular weight is 407 g/mol. The second-order valence-electron chi connectivity index (χ2n) is 6.98. The van der Waals surface area contributed by atoms with Gasteiger partial charge in [0, 0.05) is 24.6 Å². The summed E-state index contributed by atoms with van der Waals surface area (Å²) in [6.07, 6.45) is 3.62. The third-order valence-corrected chi connectivity index (χ3v) is 5.86. The fourth-order valence-electron chi connectivity index (χ4n) is 3.29. The number of benzene rings is 1. The smallest absolute Gasteiger partial charge is 0.262 e. The molecule has 0 amide bonds. The first-order valence-corrected chi connectivity index (χ1v) is 10.7. The van der Waals surface area contributed by atoms with Crippen molar-refractivity contribution in [2.24, 2.45) is 0 Å². The summed E-state index contributed by atoms with van der Waals surface area (Å²) in [6, 6.07) is 12.7. The first-order chi connectivity index (χ1) is 14.1. The lowest BCUT2D eigenvalue weighted by Gasteiger charge is -2.13. The van der Waals surface area contributed by atoms with Gasteiger partial charge in [0.2, 0.25) is 0 Å². The van der Waals surface area contributed by atoms with E-state index in [9.17, 15) is 9.59 Å². The van der Waals surface area contributed by atoms with Crippen LogP contribution >= 0.6 is 11.8 Å². The zero-order chi connectivity index (χ0) is 20.4. The minimum atomic E-state index is -0.107. The molecule has 0 radical (unpaired) electrons. The van der Waals surface area contributed by atoms with Gasteiger partial charge in [0.05, 0.1) is 16.6 Å². The summed E-state index contributed by atoms with van der Waals surface area (Å²) >= 11 is 1.44. The van der Waals surface area contributed by atoms with Gasteiger partial charge in [0.25, 0.3) is 11.1 Å². The van der Waals surface area contributed by atoms with E-state index in [-0.39, 0.29) is 11.1 Å². The van der Waals surface area contributed by atoms with Crippen molar-refractivity contribution in [1.29, 1.82) is 0 Å². The standard InChI is InChI=1S/C22H22N4O2S/c1-3-4-11-26-21(28)17-9-5-6-10-18(17)24-22(26)29-14-16-13-19(27)25-12-7-8-15(2)20(25)23-16/h5-10,12-13H,3-4,11,14H2,1-2H3. The molecule has 4 aromatic rings. The third-order valence-electron chi connectivity index (χ3n) is 4.85. The molecule has 0 saturated carbocycles. The number of pyridine rings is 1. The molecular formula is C22H22N4O2S. The summed E-state index contributed by atoms with van der Waals surface area (Å²) in [6.45, 7) is 4.66. The van der Waals surface area contributed by atoms with E-state index in [2.05, 4.69) is 11.9 Å². The molecule has 0 saturated heterocycles. The Morgan fingerprint density at radius 2 is 1.90 bits per heavy atom. The lowest BCUT2D eigenvalue weighted by molar-refractivity contribution is 0.557. The number of fused-ring (bicyclic) bond motifs is 2. The number of hydrogen-bond acceptors (Lipinski definition) is 5. The Kier molecular flexibility index (Phi) is 5.49. The maximum atomic E-state index is 13.0. The zero-order valence-corrected chi connectivity index (χ0v) is 17.3. The van der Waals surface area contributed by atoms with Crippen molar-refractivity contribution in [2.45, 2.75) is 44.1 Å². The normalized spacial score (nSPS) is 11.4. The molecular weight excluding hydrogens is 384 g/mol. The van der Waals surface area contributed by atoms with Crippen LogP contribution in [0.1, 0.15) is 31.0 Å². The fraction of sp³-hybridized carbons (Fsp3) is 0.273. The Balaban J connectivity index is 1.72. The third kappa shape index (κ3) is 3.82. The van der Waals surface area contributed by atoms with E-state index in [0.717, 1.165) is 18.4 Å². The Morgan fingerprint density at radius 1 is 1.07 bits per heavy atom. The summed E-state index contributed by atoms with van der Waals surface area (Å²) in [4.78, 5) is 34.8. The SMILES string of the molecule is CCCCn1c(SCc2cc(=O)n3cccc(C)c3n2)nc2ccccc2c1=O. The zero-order valence-electron chi connectivity index (χ0n) is 16.5. The molecule has 0 bridgehead atoms. The number of thioether (sulfide) groups is 1. The van der Waals surface area contributed by atoms with Crippen LogP contribution < -0.4 is 11.1 Å². The Labute approximate surface area is 172 Å². The molecule has 1 aromatic carbocycles. The van der Waals surface area contributed by atoms with Crippen LogP contribution in [0, 0.1) is 6.92 Å². The van der Waals surface area contributed by atoms with Crippen molar-refractivity contribution in [3.05, 3.63) is 80.6 Å². The second kappa shape index (κ2) is 8.21. The van der Waals surface area contributed by atoms with E-state index in [4.69, 9.17) is 4.98 Å². The van der Waals surface area contributed by atoms with Crippen molar-refractivity contribution in [3.63, 3.8) is 0 Å². The van der Waals surface area contributed by atoms with Crippen LogP contribution in [0.25, 0.3) is 16.6 Å². The van der Waals surface area contributed by atoms with Gasteiger partial charge in [-0.05, 0) is 37.1 Å². The molecule has 6 nitrogen and oxygen atoms in total. The molecule has 0 fully saturated rings. The summed E-state index contributed by atoms with van der Waals surface area (Å²) in [5.41, 5.74) is 2.84. The average Bonchev–Trinajstić information content (AvgIpc) is 2.72. The van der Waals surface area contributed by atoms with E-state index < -0.39 is 0 Å². The predicted molar refractivity (Wildman–Crippen MR) is 117 cm³/mol. The van der Waals surface area contributed by atoms with E-state index >= 15 is 0 Å². The molecule has 0 atom stereocenters. The van der Waals surface area contributed by atoms with Crippen LogP contribution in [0.5, 0.6) is 0 Å². The maximum Gasteiger partial charge on any atom is 0.262 e. The predicted octanol–water partition coefficient (Wildman–Crippen LogP) is 3.81. The van der Waals surface area contributed by atoms with E-state index in [0.29, 0.717) is 39.7 Å². The largest absolute Gasteiger partial charge is 0.287 e. The Hall–Kier alpha value is -2.93. The monoisotopic (exact) mass is 406 g/mol. The highest BCUT2D eigenvalue weighted by atomic mass is 32.2. The first kappa shape index (κ1) is 19.4. The van der Waals surface area contributed by atoms with Crippen molar-refractivity contribution in [1.82, 2.24) is 18.9 Å². The second-order valence-corrected chi connectivity index (χ2v) is 7.92. The van der Waals surface area contributed by atoms with Gasteiger partial charge in [-0.2, -0.15) is 0 Å². The van der Waals surface area contributed by atoms with Crippen molar-refractivity contribution in [3.8, 4) is 0 Å². The van der Waals surface area contributed by atoms with Gasteiger partial charge in [-0.3, -0.25) is 18.6 Å². The van der Waals surface area contributed by atoms with Gasteiger partial charge in [-0.1, -0.05) is 43.3 Å². The molecule has 0 spiro atoms. The van der Waals surface area contributed by atoms with E-state index in [1.54, 1.807) is 21.2 Å². The van der Waals surface area contributed by atoms with Crippen LogP contribution in [0.3, 0.4) is 0 Å². The highest BCUT2D eigenvalue weighted by molar-refractivity contribution is 7.98. The summed E-state index contributed by atoms with van der Waals surface area (Å²) in [5.74, 6) is 0.469. The van der Waals surface area contributed by atoms with Gasteiger partial charge in [-0.15, -0.1) is 0 Å². The number of aryl methyl sites for hydroxylation is 1. The number of rotatable bonds is 6. The summed E-state index contributed by atoms with van der Waals surface area (Å²) in [5, 5.41) is 1.29. The van der Waals surface area contributed by atoms with Gasteiger partial charge >= 0.3 is 0 Å². The number of para-hydroxylation sites is 1. The molecule has 29 heavy (non-hydrogen) atoms. The summed E-state index contributed by atoms with van der Waals surface area (Å²) < 4.78 is 3.30. The van der Waals surface area contributed by atoms with Crippen molar-refractivity contribution < 1.29 is 0 Å². The Bertz CT molecular complexity index is 1310. The Morgan fingerprint density at radius 3 is 2.72 bits per heavy atom. The number of nitrogens with zero attached hydrogens (tertiary/aromatic N) is 4. The van der Waals surface area contributed by atoms with Gasteiger partial charge < -0.3 is 0 Å². The molecule has 7 heteroatoms. The quantitative estimate of drug-likeness (QED) is 0.360. The van der Waals surface area contributed by atoms with Crippen molar-refractivity contribution in [2.75, 3.05) is 0 Å². The number of aromatic nitrogens is 4. The minimum absolute atomic E-state index is 0.0195. The fourth-order valence-corrected chi connectivity index (χ4v) is 4.21. The molecule has 0 N–H and O–H groups in total. The van der Waals surface area contributed by atoms with E-state index in [1.807, 2.05) is 43.3 Å². The van der Waals surface area contributed by atoms with Crippen LogP contribution in [0.15, 0.2) is 63.4 Å². The lowest BCUT2D eigenvalue weighted by Crippen LogP contribution is -2.23. The minimum Gasteiger partial charge on any atom is -0.287 e. The lowest BCUT2D eigenvalue weighted by atomic mass is 10.2. The number of unbranched alkanes of at least 4 members (excludes halogenated alkanes) is 1. The molecule has 148 valence electrons. The van der Waals surface area contributed by atoms with Gasteiger partial charge in [-0.25, -0.2) is 9.97 Å². The maximum absolute atomic E-state index is 13.0. The first-order valence-electron chi connectivity index (χ1n) is 9.69. The molecule has 0 unspecified atom stereocenters. The molecule has 4 rings (SSSR count). The highest BCUT2D eigenvalue weighted by Gasteiger charge is 2.12. The molecule has 0 aliphatic rings. The molecule has 0 aliphatic carbocycles. The van der Waals surface area contributed by atoms with Gasteiger partial charge in [0.15, 0.2) is 5.16 Å². The molecule has 3 aromatic heterocycles. The van der Waals surface area contributed by atoms with E-state index in [1.165, 1.54) is 11.8 Å². The van der Waals surface area contributed by atoms with Crippen LogP contribution in [0.2, 0.25) is 0 Å². The van der Waals surface area contributed by atoms with Crippen molar-refractivity contribution >= 4 is 28.3 Å².